The number of anilines is 4. The van der Waals surface area contributed by atoms with Gasteiger partial charge < -0.3 is 9.47 Å². The lowest BCUT2D eigenvalue weighted by Crippen LogP contribution is -2.36. The van der Waals surface area contributed by atoms with Gasteiger partial charge in [-0.1, -0.05) is 30.3 Å². The first-order chi connectivity index (χ1) is 14.2. The third kappa shape index (κ3) is 2.20. The first-order valence-electron chi connectivity index (χ1n) is 9.83. The number of rotatable bonds is 2. The Bertz CT molecular complexity index is 1230. The van der Waals surface area contributed by atoms with Crippen molar-refractivity contribution in [3.63, 3.8) is 0 Å². The molecule has 6 heteroatoms. The standard InChI is InChI=1S/C23H20N6/c1-15-8-9-17-14-19-24-12-13-27(19)21(17)20(15)29-16(2)28(18-6-4-3-5-7-18)22-23(29)26-11-10-25-22/h3-13,16H,14H2,1-2H3/t16-/m0/s1. The maximum Gasteiger partial charge on any atom is 0.178 e. The van der Waals surface area contributed by atoms with Gasteiger partial charge in [0.25, 0.3) is 0 Å². The van der Waals surface area contributed by atoms with Crippen molar-refractivity contribution < 1.29 is 0 Å². The van der Waals surface area contributed by atoms with Gasteiger partial charge in [-0.05, 0) is 37.1 Å². The van der Waals surface area contributed by atoms with Gasteiger partial charge in [0, 0.05) is 36.9 Å². The Morgan fingerprint density at radius 2 is 1.59 bits per heavy atom. The van der Waals surface area contributed by atoms with Gasteiger partial charge in [-0.3, -0.25) is 4.90 Å². The lowest BCUT2D eigenvalue weighted by atomic mass is 10.0. The molecule has 142 valence electrons. The molecule has 29 heavy (non-hydrogen) atoms. The number of hydrogen-bond donors (Lipinski definition) is 0. The molecule has 0 bridgehead atoms. The SMILES string of the molecule is Cc1ccc2c(c1N1c3nccnc3N(c3ccccc3)[C@@H]1C)-n1ccnc1C2. The molecular weight excluding hydrogens is 360 g/mol. The van der Waals surface area contributed by atoms with Gasteiger partial charge in [-0.2, -0.15) is 0 Å². The van der Waals surface area contributed by atoms with Gasteiger partial charge in [0.2, 0.25) is 0 Å². The van der Waals surface area contributed by atoms with Crippen molar-refractivity contribution in [2.45, 2.75) is 26.4 Å². The lowest BCUT2D eigenvalue weighted by Gasteiger charge is -2.31. The van der Waals surface area contributed by atoms with Crippen LogP contribution < -0.4 is 9.80 Å². The Labute approximate surface area is 169 Å². The molecule has 2 aliphatic rings. The van der Waals surface area contributed by atoms with Gasteiger partial charge in [0.1, 0.15) is 12.0 Å². The molecule has 0 aliphatic carbocycles. The number of para-hydroxylation sites is 1. The molecule has 0 saturated carbocycles. The fourth-order valence-corrected chi connectivity index (χ4v) is 4.63. The molecule has 0 fully saturated rings. The van der Waals surface area contributed by atoms with Crippen LogP contribution in [0.5, 0.6) is 0 Å². The van der Waals surface area contributed by atoms with Gasteiger partial charge in [0.05, 0.1) is 11.4 Å². The third-order valence-corrected chi connectivity index (χ3v) is 5.88. The fourth-order valence-electron chi connectivity index (χ4n) is 4.63. The highest BCUT2D eigenvalue weighted by molar-refractivity contribution is 5.88. The van der Waals surface area contributed by atoms with E-state index in [1.807, 2.05) is 12.3 Å². The number of benzene rings is 2. The highest BCUT2D eigenvalue weighted by atomic mass is 15.5. The average Bonchev–Trinajstić information content (AvgIpc) is 3.40. The second-order valence-corrected chi connectivity index (χ2v) is 7.54. The summed E-state index contributed by atoms with van der Waals surface area (Å²) >= 11 is 0. The van der Waals surface area contributed by atoms with Gasteiger partial charge >= 0.3 is 0 Å². The number of aryl methyl sites for hydroxylation is 1. The van der Waals surface area contributed by atoms with Crippen LogP contribution in [-0.2, 0) is 6.42 Å². The summed E-state index contributed by atoms with van der Waals surface area (Å²) in [7, 11) is 0. The molecule has 2 aliphatic heterocycles. The van der Waals surface area contributed by atoms with Crippen molar-refractivity contribution in [1.82, 2.24) is 19.5 Å². The van der Waals surface area contributed by atoms with E-state index in [9.17, 15) is 0 Å². The summed E-state index contributed by atoms with van der Waals surface area (Å²) in [4.78, 5) is 18.6. The van der Waals surface area contributed by atoms with E-state index in [0.717, 1.165) is 29.6 Å². The first-order valence-corrected chi connectivity index (χ1v) is 9.83. The Morgan fingerprint density at radius 3 is 2.38 bits per heavy atom. The molecule has 4 heterocycles. The normalized spacial score (nSPS) is 16.7. The number of imidazole rings is 1. The Hall–Kier alpha value is -3.67. The van der Waals surface area contributed by atoms with Crippen molar-refractivity contribution >= 4 is 23.0 Å². The number of aromatic nitrogens is 4. The Balaban J connectivity index is 1.60. The summed E-state index contributed by atoms with van der Waals surface area (Å²) in [6.07, 6.45) is 8.36. The van der Waals surface area contributed by atoms with E-state index in [1.54, 1.807) is 12.4 Å². The first kappa shape index (κ1) is 16.3. The van der Waals surface area contributed by atoms with Crippen LogP contribution in [0.1, 0.15) is 23.9 Å². The molecule has 6 nitrogen and oxygen atoms in total. The maximum absolute atomic E-state index is 4.75. The van der Waals surface area contributed by atoms with E-state index in [0.29, 0.717) is 0 Å². The van der Waals surface area contributed by atoms with Gasteiger partial charge in [0.15, 0.2) is 11.6 Å². The zero-order chi connectivity index (χ0) is 19.5. The zero-order valence-corrected chi connectivity index (χ0v) is 16.3. The van der Waals surface area contributed by atoms with Crippen LogP contribution in [0, 0.1) is 6.92 Å². The van der Waals surface area contributed by atoms with Crippen LogP contribution in [0.25, 0.3) is 5.69 Å². The fraction of sp³-hybridized carbons (Fsp3) is 0.174. The van der Waals surface area contributed by atoms with Crippen molar-refractivity contribution in [3.8, 4) is 5.69 Å². The van der Waals surface area contributed by atoms with Crippen LogP contribution in [0.15, 0.2) is 67.3 Å². The van der Waals surface area contributed by atoms with Gasteiger partial charge in [-0.15, -0.1) is 0 Å². The highest BCUT2D eigenvalue weighted by Crippen LogP contribution is 2.49. The second-order valence-electron chi connectivity index (χ2n) is 7.54. The van der Waals surface area contributed by atoms with Crippen molar-refractivity contribution in [3.05, 3.63) is 84.2 Å². The minimum Gasteiger partial charge on any atom is -0.302 e. The minimum absolute atomic E-state index is 0.0348. The molecular formula is C23H20N6. The predicted molar refractivity (Wildman–Crippen MR) is 113 cm³/mol. The van der Waals surface area contributed by atoms with Crippen LogP contribution in [0.4, 0.5) is 23.0 Å². The molecule has 0 unspecified atom stereocenters. The average molecular weight is 380 g/mol. The molecule has 0 N–H and O–H groups in total. The van der Waals surface area contributed by atoms with Crippen molar-refractivity contribution in [1.29, 1.82) is 0 Å². The number of hydrogen-bond acceptors (Lipinski definition) is 5. The topological polar surface area (TPSA) is 50.1 Å². The molecule has 0 radical (unpaired) electrons. The second kappa shape index (κ2) is 5.91. The Morgan fingerprint density at radius 1 is 0.828 bits per heavy atom. The van der Waals surface area contributed by atoms with E-state index in [4.69, 9.17) is 9.97 Å². The largest absolute Gasteiger partial charge is 0.302 e. The van der Waals surface area contributed by atoms with E-state index < -0.39 is 0 Å². The molecule has 0 spiro atoms. The predicted octanol–water partition coefficient (Wildman–Crippen LogP) is 4.51. The summed E-state index contributed by atoms with van der Waals surface area (Å²) in [5.41, 5.74) is 5.99. The molecule has 1 atom stereocenters. The smallest absolute Gasteiger partial charge is 0.178 e. The summed E-state index contributed by atoms with van der Waals surface area (Å²) < 4.78 is 2.21. The highest BCUT2D eigenvalue weighted by Gasteiger charge is 2.40. The lowest BCUT2D eigenvalue weighted by molar-refractivity contribution is 0.750. The van der Waals surface area contributed by atoms with Gasteiger partial charge in [-0.25, -0.2) is 15.0 Å². The van der Waals surface area contributed by atoms with Crippen LogP contribution in [0.3, 0.4) is 0 Å². The van der Waals surface area contributed by atoms with Crippen LogP contribution in [0.2, 0.25) is 0 Å². The molecule has 2 aromatic carbocycles. The van der Waals surface area contributed by atoms with E-state index in [-0.39, 0.29) is 6.17 Å². The van der Waals surface area contributed by atoms with E-state index >= 15 is 0 Å². The molecule has 4 aromatic rings. The Kier molecular flexibility index (Phi) is 3.32. The quantitative estimate of drug-likeness (QED) is 0.451. The van der Waals surface area contributed by atoms with Crippen LogP contribution >= 0.6 is 0 Å². The molecule has 2 aromatic heterocycles. The van der Waals surface area contributed by atoms with Crippen molar-refractivity contribution in [2.24, 2.45) is 0 Å². The van der Waals surface area contributed by atoms with E-state index in [1.165, 1.54) is 22.5 Å². The molecule has 6 rings (SSSR count). The van der Waals surface area contributed by atoms with E-state index in [2.05, 4.69) is 75.8 Å². The summed E-state index contributed by atoms with van der Waals surface area (Å²) in [6.45, 7) is 4.37. The number of fused-ring (bicyclic) bond motifs is 4. The van der Waals surface area contributed by atoms with Crippen molar-refractivity contribution in [2.75, 3.05) is 9.80 Å². The monoisotopic (exact) mass is 380 g/mol. The maximum atomic E-state index is 4.75. The molecule has 0 amide bonds. The molecule has 0 saturated heterocycles. The van der Waals surface area contributed by atoms with Crippen LogP contribution in [-0.4, -0.2) is 25.7 Å². The zero-order valence-electron chi connectivity index (χ0n) is 16.3. The third-order valence-electron chi connectivity index (χ3n) is 5.88. The summed E-state index contributed by atoms with van der Waals surface area (Å²) in [5.74, 6) is 2.85. The minimum atomic E-state index is 0.0348. The summed E-state index contributed by atoms with van der Waals surface area (Å²) in [6, 6.07) is 14.8. The number of nitrogens with zero attached hydrogens (tertiary/aromatic N) is 6. The summed E-state index contributed by atoms with van der Waals surface area (Å²) in [5, 5.41) is 0.